The molecule has 0 aliphatic rings. The summed E-state index contributed by atoms with van der Waals surface area (Å²) in [5, 5.41) is 0.996. The molecular weight excluding hydrogens is 250 g/mol. The lowest BCUT2D eigenvalue weighted by molar-refractivity contribution is 0.305. The molecule has 0 unspecified atom stereocenters. The van der Waals surface area contributed by atoms with Crippen molar-refractivity contribution in [3.05, 3.63) is 45.9 Å². The summed E-state index contributed by atoms with van der Waals surface area (Å²) in [7, 11) is 0. The van der Waals surface area contributed by atoms with Crippen molar-refractivity contribution in [1.29, 1.82) is 0 Å². The van der Waals surface area contributed by atoms with Gasteiger partial charge in [0, 0.05) is 16.8 Å². The van der Waals surface area contributed by atoms with E-state index in [1.165, 1.54) is 10.4 Å². The van der Waals surface area contributed by atoms with Crippen molar-refractivity contribution in [2.75, 3.05) is 0 Å². The Bertz CT molecular complexity index is 482. The largest absolute Gasteiger partial charge is 0.486 e. The predicted octanol–water partition coefficient (Wildman–Crippen LogP) is 3.71. The molecule has 0 saturated heterocycles. The molecule has 1 aromatic carbocycles. The number of rotatable bonds is 5. The van der Waals surface area contributed by atoms with E-state index in [-0.39, 0.29) is 0 Å². The molecule has 2 rings (SSSR count). The third-order valence-electron chi connectivity index (χ3n) is 2.43. The fourth-order valence-electron chi connectivity index (χ4n) is 1.49. The highest BCUT2D eigenvalue weighted by Crippen LogP contribution is 2.19. The molecule has 0 bridgehead atoms. The molecule has 0 radical (unpaired) electrons. The van der Waals surface area contributed by atoms with E-state index in [0.29, 0.717) is 6.61 Å². The van der Waals surface area contributed by atoms with Gasteiger partial charge in [0.05, 0.1) is 0 Å². The van der Waals surface area contributed by atoms with Gasteiger partial charge >= 0.3 is 0 Å². The average Bonchev–Trinajstić information content (AvgIpc) is 2.84. The molecule has 2 aromatic rings. The van der Waals surface area contributed by atoms with Crippen molar-refractivity contribution in [1.82, 2.24) is 4.98 Å². The van der Waals surface area contributed by atoms with Crippen molar-refractivity contribution in [2.45, 2.75) is 25.7 Å². The first-order valence-electron chi connectivity index (χ1n) is 5.58. The van der Waals surface area contributed by atoms with Gasteiger partial charge in [0.15, 0.2) is 0 Å². The third kappa shape index (κ3) is 3.48. The van der Waals surface area contributed by atoms with Crippen LogP contribution in [0.4, 0.5) is 0 Å². The standard InChI is InChI=1S/C13H15NOS2/c1-2-10-4-3-5-11(6-10)15-8-13-14-7-12(9-16)17-13/h3-7,16H,2,8-9H2,1H3. The summed E-state index contributed by atoms with van der Waals surface area (Å²) in [6, 6.07) is 8.18. The molecule has 0 saturated carbocycles. The summed E-state index contributed by atoms with van der Waals surface area (Å²) < 4.78 is 5.72. The summed E-state index contributed by atoms with van der Waals surface area (Å²) in [6.07, 6.45) is 2.89. The maximum absolute atomic E-state index is 5.72. The lowest BCUT2D eigenvalue weighted by Crippen LogP contribution is -1.94. The van der Waals surface area contributed by atoms with E-state index >= 15 is 0 Å². The van der Waals surface area contributed by atoms with Crippen LogP contribution in [0.15, 0.2) is 30.5 Å². The van der Waals surface area contributed by atoms with E-state index in [1.54, 1.807) is 11.3 Å². The maximum atomic E-state index is 5.72. The van der Waals surface area contributed by atoms with Crippen LogP contribution in [0.1, 0.15) is 22.4 Å². The van der Waals surface area contributed by atoms with E-state index in [4.69, 9.17) is 4.74 Å². The van der Waals surface area contributed by atoms with Crippen LogP contribution in [-0.2, 0) is 18.8 Å². The normalized spacial score (nSPS) is 10.5. The van der Waals surface area contributed by atoms with E-state index in [9.17, 15) is 0 Å². The topological polar surface area (TPSA) is 22.1 Å². The minimum Gasteiger partial charge on any atom is -0.486 e. The van der Waals surface area contributed by atoms with Gasteiger partial charge in [-0.15, -0.1) is 11.3 Å². The molecule has 17 heavy (non-hydrogen) atoms. The monoisotopic (exact) mass is 265 g/mol. The fourth-order valence-corrected chi connectivity index (χ4v) is 2.46. The summed E-state index contributed by atoms with van der Waals surface area (Å²) >= 11 is 5.87. The van der Waals surface area contributed by atoms with E-state index in [2.05, 4.69) is 36.7 Å². The summed E-state index contributed by atoms with van der Waals surface area (Å²) in [5.41, 5.74) is 1.29. The first-order valence-corrected chi connectivity index (χ1v) is 7.03. The maximum Gasteiger partial charge on any atom is 0.140 e. The molecule has 0 fully saturated rings. The average molecular weight is 265 g/mol. The highest BCUT2D eigenvalue weighted by Gasteiger charge is 2.02. The van der Waals surface area contributed by atoms with E-state index in [0.717, 1.165) is 22.9 Å². The molecule has 0 atom stereocenters. The zero-order valence-corrected chi connectivity index (χ0v) is 11.4. The first kappa shape index (κ1) is 12.5. The zero-order chi connectivity index (χ0) is 12.1. The smallest absolute Gasteiger partial charge is 0.140 e. The molecule has 2 nitrogen and oxygen atoms in total. The van der Waals surface area contributed by atoms with Gasteiger partial charge in [0.2, 0.25) is 0 Å². The van der Waals surface area contributed by atoms with Crippen molar-refractivity contribution >= 4 is 24.0 Å². The second-order valence-electron chi connectivity index (χ2n) is 3.67. The Morgan fingerprint density at radius 3 is 3.00 bits per heavy atom. The fraction of sp³-hybridized carbons (Fsp3) is 0.308. The highest BCUT2D eigenvalue weighted by molar-refractivity contribution is 7.79. The number of aryl methyl sites for hydroxylation is 1. The van der Waals surface area contributed by atoms with E-state index < -0.39 is 0 Å². The molecular formula is C13H15NOS2. The molecule has 4 heteroatoms. The number of ether oxygens (including phenoxy) is 1. The molecule has 0 N–H and O–H groups in total. The van der Waals surface area contributed by atoms with Crippen LogP contribution in [0.5, 0.6) is 5.75 Å². The second kappa shape index (κ2) is 6.07. The van der Waals surface area contributed by atoms with Gasteiger partial charge in [-0.25, -0.2) is 4.98 Å². The first-order chi connectivity index (χ1) is 8.31. The lowest BCUT2D eigenvalue weighted by atomic mass is 10.2. The van der Waals surface area contributed by atoms with Crippen molar-refractivity contribution in [3.8, 4) is 5.75 Å². The Hall–Kier alpha value is -1.000. The quantitative estimate of drug-likeness (QED) is 0.832. The van der Waals surface area contributed by atoms with Gasteiger partial charge in [0.1, 0.15) is 17.4 Å². The van der Waals surface area contributed by atoms with Crippen LogP contribution in [0.3, 0.4) is 0 Å². The van der Waals surface area contributed by atoms with Crippen LogP contribution >= 0.6 is 24.0 Å². The number of hydrogen-bond acceptors (Lipinski definition) is 4. The van der Waals surface area contributed by atoms with Crippen molar-refractivity contribution in [3.63, 3.8) is 0 Å². The summed E-state index contributed by atoms with van der Waals surface area (Å²) in [4.78, 5) is 5.46. The van der Waals surface area contributed by atoms with Crippen LogP contribution in [-0.4, -0.2) is 4.98 Å². The SMILES string of the molecule is CCc1cccc(OCc2ncc(CS)s2)c1. The Morgan fingerprint density at radius 2 is 2.29 bits per heavy atom. The Kier molecular flexibility index (Phi) is 4.45. The number of thiol groups is 1. The van der Waals surface area contributed by atoms with Crippen molar-refractivity contribution < 1.29 is 4.74 Å². The van der Waals surface area contributed by atoms with Gasteiger partial charge < -0.3 is 4.74 Å². The van der Waals surface area contributed by atoms with Crippen LogP contribution in [0, 0.1) is 0 Å². The minimum absolute atomic E-state index is 0.533. The lowest BCUT2D eigenvalue weighted by Gasteiger charge is -2.05. The highest BCUT2D eigenvalue weighted by atomic mass is 32.1. The third-order valence-corrected chi connectivity index (χ3v) is 3.95. The Balaban J connectivity index is 1.96. The number of aromatic nitrogens is 1. The van der Waals surface area contributed by atoms with Gasteiger partial charge in [-0.1, -0.05) is 19.1 Å². The summed E-state index contributed by atoms with van der Waals surface area (Å²) in [5.74, 6) is 1.65. The van der Waals surface area contributed by atoms with Gasteiger partial charge in [0.25, 0.3) is 0 Å². The molecule has 1 aromatic heterocycles. The Labute approximate surface area is 111 Å². The number of benzene rings is 1. The molecule has 90 valence electrons. The minimum atomic E-state index is 0.533. The molecule has 0 amide bonds. The molecule has 0 spiro atoms. The second-order valence-corrected chi connectivity index (χ2v) is 5.18. The van der Waals surface area contributed by atoms with Gasteiger partial charge in [-0.05, 0) is 24.1 Å². The van der Waals surface area contributed by atoms with Crippen molar-refractivity contribution in [2.24, 2.45) is 0 Å². The number of thiazole rings is 1. The Morgan fingerprint density at radius 1 is 1.41 bits per heavy atom. The number of hydrogen-bond donors (Lipinski definition) is 1. The number of nitrogens with zero attached hydrogens (tertiary/aromatic N) is 1. The van der Waals surface area contributed by atoms with Gasteiger partial charge in [-0.3, -0.25) is 0 Å². The van der Waals surface area contributed by atoms with Crippen LogP contribution < -0.4 is 4.74 Å². The zero-order valence-electron chi connectivity index (χ0n) is 9.72. The van der Waals surface area contributed by atoms with Gasteiger partial charge in [-0.2, -0.15) is 12.6 Å². The van der Waals surface area contributed by atoms with E-state index in [1.807, 2.05) is 18.3 Å². The predicted molar refractivity (Wildman–Crippen MR) is 75.0 cm³/mol. The van der Waals surface area contributed by atoms with Crippen LogP contribution in [0.2, 0.25) is 0 Å². The van der Waals surface area contributed by atoms with Crippen LogP contribution in [0.25, 0.3) is 0 Å². The molecule has 0 aliphatic heterocycles. The summed E-state index contributed by atoms with van der Waals surface area (Å²) in [6.45, 7) is 2.67. The molecule has 0 aliphatic carbocycles. The molecule has 1 heterocycles.